The van der Waals surface area contributed by atoms with Gasteiger partial charge < -0.3 is 10.1 Å². The summed E-state index contributed by atoms with van der Waals surface area (Å²) in [5, 5.41) is 5.91. The average Bonchev–Trinajstić information content (AvgIpc) is 2.95. The summed E-state index contributed by atoms with van der Waals surface area (Å²) in [5.74, 6) is 0.436. The van der Waals surface area contributed by atoms with Crippen molar-refractivity contribution in [3.63, 3.8) is 0 Å². The fourth-order valence-corrected chi connectivity index (χ4v) is 2.88. The summed E-state index contributed by atoms with van der Waals surface area (Å²) in [6, 6.07) is 7.78. The van der Waals surface area contributed by atoms with Gasteiger partial charge in [-0.2, -0.15) is 0 Å². The number of hydrogen-bond acceptors (Lipinski definition) is 4. The molecule has 2 rings (SSSR count). The molecule has 0 aliphatic carbocycles. The molecule has 0 radical (unpaired) electrons. The Morgan fingerprint density at radius 2 is 2.05 bits per heavy atom. The van der Waals surface area contributed by atoms with Gasteiger partial charge >= 0.3 is 0 Å². The first kappa shape index (κ1) is 16.6. The molecule has 0 spiro atoms. The van der Waals surface area contributed by atoms with Crippen molar-refractivity contribution >= 4 is 17.2 Å². The predicted molar refractivity (Wildman–Crippen MR) is 89.4 cm³/mol. The summed E-state index contributed by atoms with van der Waals surface area (Å²) in [5.41, 5.74) is 2.93. The van der Waals surface area contributed by atoms with Crippen molar-refractivity contribution in [2.45, 2.75) is 32.8 Å². The molecule has 0 aliphatic heterocycles. The Morgan fingerprint density at radius 3 is 2.68 bits per heavy atom. The second-order valence-corrected chi connectivity index (χ2v) is 6.39. The lowest BCUT2D eigenvalue weighted by molar-refractivity contribution is 0.0954. The molecule has 1 amide bonds. The second-order valence-electron chi connectivity index (χ2n) is 5.45. The molecule has 0 unspecified atom stereocenters. The van der Waals surface area contributed by atoms with Gasteiger partial charge in [-0.3, -0.25) is 4.79 Å². The standard InChI is InChI=1S/C17H22N2O2S/c1-12(2)13-4-6-14(7-5-13)17(20)18-9-8-15-11-22-16(19-15)10-21-3/h4-7,11-12H,8-10H2,1-3H3,(H,18,20). The van der Waals surface area contributed by atoms with Crippen molar-refractivity contribution in [2.75, 3.05) is 13.7 Å². The molecule has 4 nitrogen and oxygen atoms in total. The van der Waals surface area contributed by atoms with E-state index in [1.165, 1.54) is 5.56 Å². The SMILES string of the molecule is COCc1nc(CCNC(=O)c2ccc(C(C)C)cc2)cs1. The molecule has 2 aromatic rings. The van der Waals surface area contributed by atoms with Crippen molar-refractivity contribution in [3.05, 3.63) is 51.5 Å². The lowest BCUT2D eigenvalue weighted by Crippen LogP contribution is -2.25. The number of ether oxygens (including phenoxy) is 1. The molecule has 1 aromatic carbocycles. The highest BCUT2D eigenvalue weighted by atomic mass is 32.1. The number of nitrogens with zero attached hydrogens (tertiary/aromatic N) is 1. The number of amides is 1. The molecule has 1 N–H and O–H groups in total. The molecular formula is C17H22N2O2S. The Hall–Kier alpha value is -1.72. The molecule has 0 atom stereocenters. The quantitative estimate of drug-likeness (QED) is 0.851. The highest BCUT2D eigenvalue weighted by Gasteiger charge is 2.07. The van der Waals surface area contributed by atoms with E-state index >= 15 is 0 Å². The second kappa shape index (κ2) is 8.06. The molecule has 0 bridgehead atoms. The molecule has 1 aromatic heterocycles. The first-order valence-electron chi connectivity index (χ1n) is 7.40. The van der Waals surface area contributed by atoms with Gasteiger partial charge in [0.15, 0.2) is 0 Å². The summed E-state index contributed by atoms with van der Waals surface area (Å²) in [6.45, 7) is 5.40. The van der Waals surface area contributed by atoms with Crippen LogP contribution in [-0.2, 0) is 17.8 Å². The van der Waals surface area contributed by atoms with Gasteiger partial charge in [-0.15, -0.1) is 11.3 Å². The minimum absolute atomic E-state index is 0.0392. The molecule has 118 valence electrons. The van der Waals surface area contributed by atoms with E-state index in [0.717, 1.165) is 17.1 Å². The highest BCUT2D eigenvalue weighted by Crippen LogP contribution is 2.14. The van der Waals surface area contributed by atoms with Crippen LogP contribution in [0.15, 0.2) is 29.6 Å². The van der Waals surface area contributed by atoms with E-state index in [1.807, 2.05) is 29.6 Å². The molecule has 22 heavy (non-hydrogen) atoms. The number of carbonyl (C=O) groups excluding carboxylic acids is 1. The van der Waals surface area contributed by atoms with Gasteiger partial charge in [0.05, 0.1) is 12.3 Å². The number of aromatic nitrogens is 1. The minimum Gasteiger partial charge on any atom is -0.378 e. The molecule has 0 fully saturated rings. The normalized spacial score (nSPS) is 10.9. The first-order valence-corrected chi connectivity index (χ1v) is 8.28. The zero-order chi connectivity index (χ0) is 15.9. The Balaban J connectivity index is 1.81. The summed E-state index contributed by atoms with van der Waals surface area (Å²) in [4.78, 5) is 16.5. The molecule has 0 saturated carbocycles. The van der Waals surface area contributed by atoms with Crippen LogP contribution >= 0.6 is 11.3 Å². The van der Waals surface area contributed by atoms with Gasteiger partial charge in [-0.05, 0) is 23.6 Å². The van der Waals surface area contributed by atoms with E-state index in [2.05, 4.69) is 24.1 Å². The van der Waals surface area contributed by atoms with E-state index in [4.69, 9.17) is 4.74 Å². The monoisotopic (exact) mass is 318 g/mol. The van der Waals surface area contributed by atoms with Crippen molar-refractivity contribution in [1.29, 1.82) is 0 Å². The lowest BCUT2D eigenvalue weighted by atomic mass is 10.0. The number of carbonyl (C=O) groups is 1. The molecule has 1 heterocycles. The maximum absolute atomic E-state index is 12.1. The number of thiazole rings is 1. The Kier molecular flexibility index (Phi) is 6.10. The van der Waals surface area contributed by atoms with Crippen LogP contribution in [0.4, 0.5) is 0 Å². The average molecular weight is 318 g/mol. The summed E-state index contributed by atoms with van der Waals surface area (Å²) >= 11 is 1.58. The zero-order valence-electron chi connectivity index (χ0n) is 13.3. The van der Waals surface area contributed by atoms with E-state index in [0.29, 0.717) is 24.6 Å². The van der Waals surface area contributed by atoms with Crippen LogP contribution in [0, 0.1) is 0 Å². The van der Waals surface area contributed by atoms with Gasteiger partial charge in [-0.1, -0.05) is 26.0 Å². The number of benzene rings is 1. The number of rotatable bonds is 7. The Labute approximate surface area is 135 Å². The zero-order valence-corrected chi connectivity index (χ0v) is 14.1. The molecular weight excluding hydrogens is 296 g/mol. The van der Waals surface area contributed by atoms with Crippen molar-refractivity contribution in [3.8, 4) is 0 Å². The third kappa shape index (κ3) is 4.64. The fourth-order valence-electron chi connectivity index (χ4n) is 2.08. The summed E-state index contributed by atoms with van der Waals surface area (Å²) < 4.78 is 5.05. The number of hydrogen-bond donors (Lipinski definition) is 1. The number of nitrogens with one attached hydrogen (secondary N) is 1. The maximum Gasteiger partial charge on any atom is 0.251 e. The molecule has 5 heteroatoms. The van der Waals surface area contributed by atoms with Gasteiger partial charge in [0.25, 0.3) is 5.91 Å². The van der Waals surface area contributed by atoms with Crippen LogP contribution in [0.2, 0.25) is 0 Å². The van der Waals surface area contributed by atoms with Gasteiger partial charge in [0, 0.05) is 31.0 Å². The van der Waals surface area contributed by atoms with Crippen molar-refractivity contribution < 1.29 is 9.53 Å². The van der Waals surface area contributed by atoms with E-state index in [9.17, 15) is 4.79 Å². The van der Waals surface area contributed by atoms with Crippen molar-refractivity contribution in [1.82, 2.24) is 10.3 Å². The molecule has 0 aliphatic rings. The predicted octanol–water partition coefficient (Wildman–Crippen LogP) is 3.39. The first-order chi connectivity index (χ1) is 10.6. The summed E-state index contributed by atoms with van der Waals surface area (Å²) in [6.07, 6.45) is 0.732. The van der Waals surface area contributed by atoms with E-state index in [1.54, 1.807) is 18.4 Å². The van der Waals surface area contributed by atoms with Crippen LogP contribution in [0.25, 0.3) is 0 Å². The van der Waals surface area contributed by atoms with Gasteiger partial charge in [0.1, 0.15) is 5.01 Å². The van der Waals surface area contributed by atoms with Crippen LogP contribution in [0.1, 0.15) is 46.4 Å². The van der Waals surface area contributed by atoms with Gasteiger partial charge in [0.2, 0.25) is 0 Å². The summed E-state index contributed by atoms with van der Waals surface area (Å²) in [7, 11) is 1.66. The topological polar surface area (TPSA) is 51.2 Å². The lowest BCUT2D eigenvalue weighted by Gasteiger charge is -2.07. The third-order valence-corrected chi connectivity index (χ3v) is 4.24. The minimum atomic E-state index is -0.0392. The Morgan fingerprint density at radius 1 is 1.32 bits per heavy atom. The van der Waals surface area contributed by atoms with Crippen LogP contribution in [0.5, 0.6) is 0 Å². The molecule has 0 saturated heterocycles. The van der Waals surface area contributed by atoms with E-state index in [-0.39, 0.29) is 5.91 Å². The maximum atomic E-state index is 12.1. The van der Waals surface area contributed by atoms with Crippen LogP contribution in [0.3, 0.4) is 0 Å². The van der Waals surface area contributed by atoms with Gasteiger partial charge in [-0.25, -0.2) is 4.98 Å². The highest BCUT2D eigenvalue weighted by molar-refractivity contribution is 7.09. The van der Waals surface area contributed by atoms with Crippen LogP contribution in [-0.4, -0.2) is 24.5 Å². The fraction of sp³-hybridized carbons (Fsp3) is 0.412. The van der Waals surface area contributed by atoms with E-state index < -0.39 is 0 Å². The smallest absolute Gasteiger partial charge is 0.251 e. The third-order valence-electron chi connectivity index (χ3n) is 3.37. The number of methoxy groups -OCH3 is 1. The van der Waals surface area contributed by atoms with Crippen LogP contribution < -0.4 is 5.32 Å². The van der Waals surface area contributed by atoms with Crippen molar-refractivity contribution in [2.24, 2.45) is 0 Å². The largest absolute Gasteiger partial charge is 0.378 e. The Bertz CT molecular complexity index is 605.